The minimum atomic E-state index is -1.04. The van der Waals surface area contributed by atoms with Gasteiger partial charge in [-0.05, 0) is 42.9 Å². The van der Waals surface area contributed by atoms with Crippen molar-refractivity contribution in [2.24, 2.45) is 11.7 Å². The third-order valence-corrected chi connectivity index (χ3v) is 5.00. The van der Waals surface area contributed by atoms with Crippen LogP contribution in [0.1, 0.15) is 58.9 Å². The van der Waals surface area contributed by atoms with Crippen molar-refractivity contribution in [3.05, 3.63) is 41.2 Å². The molecular weight excluding hydrogens is 364 g/mol. The van der Waals surface area contributed by atoms with Crippen molar-refractivity contribution in [3.63, 3.8) is 0 Å². The van der Waals surface area contributed by atoms with Gasteiger partial charge in [0.05, 0.1) is 11.9 Å². The number of anilines is 1. The van der Waals surface area contributed by atoms with E-state index >= 15 is 0 Å². The zero-order chi connectivity index (χ0) is 20.0. The molecule has 2 rings (SSSR count). The van der Waals surface area contributed by atoms with E-state index in [0.29, 0.717) is 12.8 Å². The minimum absolute atomic E-state index is 0.275. The molecule has 0 spiro atoms. The van der Waals surface area contributed by atoms with Crippen molar-refractivity contribution in [1.29, 1.82) is 0 Å². The van der Waals surface area contributed by atoms with Crippen molar-refractivity contribution >= 4 is 23.2 Å². The van der Waals surface area contributed by atoms with Crippen LogP contribution in [-0.4, -0.2) is 16.7 Å². The molecule has 3 N–H and O–H groups in total. The summed E-state index contributed by atoms with van der Waals surface area (Å²) in [5, 5.41) is 3.95. The number of halogens is 1. The van der Waals surface area contributed by atoms with Crippen LogP contribution in [0.4, 0.5) is 5.69 Å². The maximum atomic E-state index is 12.3. The fourth-order valence-corrected chi connectivity index (χ4v) is 3.54. The van der Waals surface area contributed by atoms with E-state index < -0.39 is 11.5 Å². The van der Waals surface area contributed by atoms with Crippen LogP contribution in [0.15, 0.2) is 30.6 Å². The molecule has 7 heteroatoms. The van der Waals surface area contributed by atoms with Gasteiger partial charge in [-0.15, -0.1) is 5.53 Å². The Hall–Kier alpha value is -1.76. The second-order valence-electron chi connectivity index (χ2n) is 7.37. The van der Waals surface area contributed by atoms with Crippen LogP contribution in [0, 0.1) is 5.92 Å². The quantitative estimate of drug-likeness (QED) is 0.618. The van der Waals surface area contributed by atoms with E-state index in [-0.39, 0.29) is 5.92 Å². The molecule has 1 heterocycles. The average molecular weight is 395 g/mol. The zero-order valence-electron chi connectivity index (χ0n) is 16.7. The molecule has 0 aromatic heterocycles. The maximum absolute atomic E-state index is 12.3. The molecule has 150 valence electrons. The average Bonchev–Trinajstić information content (AvgIpc) is 3.07. The Kier molecular flexibility index (Phi) is 7.53. The number of aryl methyl sites for hydroxylation is 1. The summed E-state index contributed by atoms with van der Waals surface area (Å²) in [6.07, 6.45) is 7.40. The van der Waals surface area contributed by atoms with E-state index in [4.69, 9.17) is 22.2 Å². The zero-order valence-corrected chi connectivity index (χ0v) is 17.4. The molecule has 0 saturated heterocycles. The summed E-state index contributed by atoms with van der Waals surface area (Å²) < 4.78 is 0. The van der Waals surface area contributed by atoms with Gasteiger partial charge in [0.2, 0.25) is 0 Å². The fraction of sp³-hybridized carbons (Fsp3) is 0.550. The number of hydrogen-bond acceptors (Lipinski definition) is 5. The van der Waals surface area contributed by atoms with Crippen molar-refractivity contribution in [1.82, 2.24) is 10.7 Å². The molecule has 1 aliphatic rings. The fourth-order valence-electron chi connectivity index (χ4n) is 3.23. The molecule has 1 aromatic carbocycles. The van der Waals surface area contributed by atoms with Crippen LogP contribution in [0.25, 0.3) is 0 Å². The summed E-state index contributed by atoms with van der Waals surface area (Å²) in [5.41, 5.74) is 9.80. The van der Waals surface area contributed by atoms with E-state index in [9.17, 15) is 4.79 Å². The summed E-state index contributed by atoms with van der Waals surface area (Å²) in [6, 6.07) is 5.89. The van der Waals surface area contributed by atoms with E-state index in [1.807, 2.05) is 24.4 Å². The van der Waals surface area contributed by atoms with Crippen LogP contribution in [-0.2, 0) is 16.1 Å². The molecule has 1 unspecified atom stereocenters. The number of hydrazine groups is 2. The first-order valence-corrected chi connectivity index (χ1v) is 9.99. The molecule has 1 aromatic rings. The second kappa shape index (κ2) is 9.44. The highest BCUT2D eigenvalue weighted by Gasteiger charge is 2.41. The minimum Gasteiger partial charge on any atom is -0.367 e. The van der Waals surface area contributed by atoms with E-state index in [2.05, 4.69) is 33.2 Å². The first kappa shape index (κ1) is 21.5. The number of unbranched alkanes of at least 4 members (excludes halogenated alkanes) is 1. The first-order valence-electron chi connectivity index (χ1n) is 9.61. The number of rotatable bonds is 10. The van der Waals surface area contributed by atoms with Gasteiger partial charge in [0.15, 0.2) is 5.60 Å². The first-order chi connectivity index (χ1) is 12.8. The largest absolute Gasteiger partial charge is 0.367 e. The molecule has 0 saturated carbocycles. The third-order valence-electron chi connectivity index (χ3n) is 4.65. The predicted octanol–water partition coefficient (Wildman–Crippen LogP) is 4.31. The van der Waals surface area contributed by atoms with Gasteiger partial charge in [0, 0.05) is 11.2 Å². The van der Waals surface area contributed by atoms with Crippen LogP contribution < -0.4 is 16.3 Å². The molecule has 0 bridgehead atoms. The molecule has 0 aliphatic carbocycles. The maximum Gasteiger partial charge on any atom is 0.252 e. The SMILES string of the molecule is CCCCC(CC(C)C)(ON1C=CN(c2ccc(CC)c(Cl)c2)N1)C(N)=O. The smallest absolute Gasteiger partial charge is 0.252 e. The van der Waals surface area contributed by atoms with Crippen LogP contribution in [0.2, 0.25) is 5.02 Å². The lowest BCUT2D eigenvalue weighted by atomic mass is 9.87. The number of primary amides is 1. The molecule has 1 aliphatic heterocycles. The Morgan fingerprint density at radius 2 is 2.07 bits per heavy atom. The van der Waals surface area contributed by atoms with Crippen molar-refractivity contribution < 1.29 is 9.63 Å². The summed E-state index contributed by atoms with van der Waals surface area (Å²) >= 11 is 6.32. The normalized spacial score (nSPS) is 16.2. The Balaban J connectivity index is 2.13. The highest BCUT2D eigenvalue weighted by Crippen LogP contribution is 2.30. The number of nitrogens with one attached hydrogen (secondary N) is 1. The summed E-state index contributed by atoms with van der Waals surface area (Å²) in [6.45, 7) is 8.27. The molecule has 0 fully saturated rings. The summed E-state index contributed by atoms with van der Waals surface area (Å²) in [7, 11) is 0. The van der Waals surface area contributed by atoms with Crippen molar-refractivity contribution in [2.45, 2.75) is 65.4 Å². The van der Waals surface area contributed by atoms with Gasteiger partial charge in [-0.3, -0.25) is 9.80 Å². The Morgan fingerprint density at radius 1 is 1.33 bits per heavy atom. The van der Waals surface area contributed by atoms with Crippen molar-refractivity contribution in [3.8, 4) is 0 Å². The van der Waals surface area contributed by atoms with E-state index in [0.717, 1.165) is 35.5 Å². The Bertz CT molecular complexity index is 680. The number of amides is 1. The van der Waals surface area contributed by atoms with Crippen LogP contribution in [0.5, 0.6) is 0 Å². The van der Waals surface area contributed by atoms with E-state index in [1.165, 1.54) is 5.17 Å². The summed E-state index contributed by atoms with van der Waals surface area (Å²) in [4.78, 5) is 18.4. The number of benzene rings is 1. The number of carbonyl (C=O) groups excluding carboxylic acids is 1. The molecule has 0 radical (unpaired) electrons. The highest BCUT2D eigenvalue weighted by molar-refractivity contribution is 6.31. The van der Waals surface area contributed by atoms with Crippen LogP contribution in [0.3, 0.4) is 0 Å². The summed E-state index contributed by atoms with van der Waals surface area (Å²) in [5.74, 6) is -0.161. The lowest BCUT2D eigenvalue weighted by molar-refractivity contribution is -0.242. The molecule has 1 atom stereocenters. The predicted molar refractivity (Wildman–Crippen MR) is 109 cm³/mol. The molecule has 27 heavy (non-hydrogen) atoms. The number of hydroxylamine groups is 1. The topological polar surface area (TPSA) is 70.8 Å². The molecule has 1 amide bonds. The number of carbonyl (C=O) groups is 1. The number of nitrogens with zero attached hydrogens (tertiary/aromatic N) is 2. The third kappa shape index (κ3) is 5.37. The molecular formula is C20H31ClN4O2. The van der Waals surface area contributed by atoms with Gasteiger partial charge in [0.25, 0.3) is 5.91 Å². The van der Waals surface area contributed by atoms with Gasteiger partial charge < -0.3 is 5.73 Å². The van der Waals surface area contributed by atoms with Crippen molar-refractivity contribution in [2.75, 3.05) is 5.01 Å². The highest BCUT2D eigenvalue weighted by atomic mass is 35.5. The second-order valence-corrected chi connectivity index (χ2v) is 7.78. The van der Waals surface area contributed by atoms with Gasteiger partial charge in [-0.25, -0.2) is 4.84 Å². The van der Waals surface area contributed by atoms with E-state index in [1.54, 1.807) is 11.2 Å². The van der Waals surface area contributed by atoms with Gasteiger partial charge in [-0.1, -0.05) is 58.2 Å². The standard InChI is InChI=1S/C20H31ClN4O2/c1-5-7-10-20(19(22)26,14-15(3)4)27-25-12-11-24(23-25)17-9-8-16(6-2)18(21)13-17/h8-9,11-13,15,23H,5-7,10,14H2,1-4H3,(H2,22,26). The van der Waals surface area contributed by atoms with Gasteiger partial charge in [0.1, 0.15) is 0 Å². The van der Waals surface area contributed by atoms with Gasteiger partial charge in [-0.2, -0.15) is 5.17 Å². The van der Waals surface area contributed by atoms with Gasteiger partial charge >= 0.3 is 0 Å². The number of hydrogen-bond donors (Lipinski definition) is 2. The van der Waals surface area contributed by atoms with Crippen LogP contribution >= 0.6 is 11.6 Å². The number of nitrogens with two attached hydrogens (primary N) is 1. The lowest BCUT2D eigenvalue weighted by Gasteiger charge is -2.35. The molecule has 6 nitrogen and oxygen atoms in total. The Labute approximate surface area is 167 Å². The Morgan fingerprint density at radius 3 is 2.63 bits per heavy atom. The lowest BCUT2D eigenvalue weighted by Crippen LogP contribution is -2.53. The monoisotopic (exact) mass is 394 g/mol.